The number of hydrazone groups is 1. The number of hydrogen-bond acceptors (Lipinski definition) is 6. The van der Waals surface area contributed by atoms with E-state index in [0.717, 1.165) is 5.56 Å². The Kier molecular flexibility index (Phi) is 4.75. The van der Waals surface area contributed by atoms with E-state index < -0.39 is 4.92 Å². The lowest BCUT2D eigenvalue weighted by molar-refractivity contribution is -0.383. The van der Waals surface area contributed by atoms with Gasteiger partial charge in [0.2, 0.25) is 6.79 Å². The molecular formula is C16H14N4O4S. The fraction of sp³-hybridized carbons (Fsp3) is 0.125. The van der Waals surface area contributed by atoms with Gasteiger partial charge >= 0.3 is 0 Å². The van der Waals surface area contributed by atoms with Crippen LogP contribution in [0.25, 0.3) is 0 Å². The molecule has 2 aromatic rings. The number of rotatable bonds is 4. The smallest absolute Gasteiger partial charge is 0.292 e. The van der Waals surface area contributed by atoms with Crippen molar-refractivity contribution in [2.75, 3.05) is 12.1 Å². The fourth-order valence-corrected chi connectivity index (χ4v) is 2.37. The Morgan fingerprint density at radius 1 is 1.24 bits per heavy atom. The molecule has 1 aliphatic heterocycles. The lowest BCUT2D eigenvalue weighted by Gasteiger charge is -2.08. The molecule has 0 radical (unpaired) electrons. The summed E-state index contributed by atoms with van der Waals surface area (Å²) in [6.07, 6.45) is 0. The van der Waals surface area contributed by atoms with Gasteiger partial charge < -0.3 is 14.8 Å². The molecule has 0 saturated carbocycles. The molecule has 0 unspecified atom stereocenters. The van der Waals surface area contributed by atoms with Crippen molar-refractivity contribution in [1.82, 2.24) is 5.43 Å². The van der Waals surface area contributed by atoms with Crippen LogP contribution in [0.3, 0.4) is 0 Å². The quantitative estimate of drug-likeness (QED) is 0.375. The number of nitrogens with one attached hydrogen (secondary N) is 2. The van der Waals surface area contributed by atoms with Crippen molar-refractivity contribution in [2.24, 2.45) is 5.10 Å². The summed E-state index contributed by atoms with van der Waals surface area (Å²) in [6.45, 7) is 2.01. The van der Waals surface area contributed by atoms with Crippen LogP contribution < -0.4 is 20.2 Å². The molecule has 0 atom stereocenters. The normalized spacial score (nSPS) is 12.6. The zero-order valence-corrected chi connectivity index (χ0v) is 14.0. The van der Waals surface area contributed by atoms with Crippen molar-refractivity contribution in [3.8, 4) is 11.5 Å². The summed E-state index contributed by atoms with van der Waals surface area (Å²) < 4.78 is 10.6. The predicted octanol–water partition coefficient (Wildman–Crippen LogP) is 3.03. The molecule has 2 aromatic carbocycles. The zero-order valence-electron chi connectivity index (χ0n) is 13.2. The minimum Gasteiger partial charge on any atom is -0.454 e. The van der Waals surface area contributed by atoms with E-state index >= 15 is 0 Å². The van der Waals surface area contributed by atoms with Crippen LogP contribution >= 0.6 is 12.2 Å². The lowest BCUT2D eigenvalue weighted by Crippen LogP contribution is -2.25. The molecule has 0 saturated heterocycles. The Bertz CT molecular complexity index is 869. The fourth-order valence-electron chi connectivity index (χ4n) is 2.21. The Hall–Kier alpha value is -3.20. The van der Waals surface area contributed by atoms with Gasteiger partial charge in [-0.1, -0.05) is 12.1 Å². The van der Waals surface area contributed by atoms with Gasteiger partial charge in [0, 0.05) is 11.6 Å². The zero-order chi connectivity index (χ0) is 17.8. The first kappa shape index (κ1) is 16.7. The Morgan fingerprint density at radius 2 is 2.00 bits per heavy atom. The molecule has 0 aliphatic carbocycles. The molecule has 9 heteroatoms. The number of benzene rings is 2. The van der Waals surface area contributed by atoms with Gasteiger partial charge in [-0.05, 0) is 43.4 Å². The van der Waals surface area contributed by atoms with Crippen molar-refractivity contribution in [2.45, 2.75) is 6.92 Å². The number of thiocarbonyl (C=S) groups is 1. The molecular weight excluding hydrogens is 344 g/mol. The SMILES string of the molecule is C/C(=N/NC(=S)Nc1ccccc1[N+](=O)[O-])c1ccc2c(c1)OCO2. The molecule has 1 heterocycles. The van der Waals surface area contributed by atoms with E-state index in [1.807, 2.05) is 12.1 Å². The summed E-state index contributed by atoms with van der Waals surface area (Å²) in [5.74, 6) is 1.35. The summed E-state index contributed by atoms with van der Waals surface area (Å²) in [7, 11) is 0. The van der Waals surface area contributed by atoms with Crippen LogP contribution in [0.2, 0.25) is 0 Å². The molecule has 25 heavy (non-hydrogen) atoms. The van der Waals surface area contributed by atoms with Gasteiger partial charge in [0.1, 0.15) is 5.69 Å². The second kappa shape index (κ2) is 7.14. The molecule has 8 nitrogen and oxygen atoms in total. The first-order chi connectivity index (χ1) is 12.0. The molecule has 0 bridgehead atoms. The van der Waals surface area contributed by atoms with Crippen molar-refractivity contribution in [3.05, 3.63) is 58.1 Å². The van der Waals surface area contributed by atoms with E-state index in [2.05, 4.69) is 15.8 Å². The van der Waals surface area contributed by atoms with Crippen molar-refractivity contribution < 1.29 is 14.4 Å². The Balaban J connectivity index is 1.67. The van der Waals surface area contributed by atoms with E-state index in [1.165, 1.54) is 6.07 Å². The average Bonchev–Trinajstić information content (AvgIpc) is 3.07. The van der Waals surface area contributed by atoms with E-state index in [9.17, 15) is 10.1 Å². The van der Waals surface area contributed by atoms with Crippen LogP contribution in [0, 0.1) is 10.1 Å². The molecule has 128 valence electrons. The molecule has 1 aliphatic rings. The van der Waals surface area contributed by atoms with Gasteiger partial charge in [-0.3, -0.25) is 15.5 Å². The summed E-state index contributed by atoms with van der Waals surface area (Å²) in [5.41, 5.74) is 4.41. The predicted molar refractivity (Wildman–Crippen MR) is 97.2 cm³/mol. The van der Waals surface area contributed by atoms with Crippen molar-refractivity contribution in [3.63, 3.8) is 0 Å². The van der Waals surface area contributed by atoms with Gasteiger partial charge in [0.15, 0.2) is 16.6 Å². The summed E-state index contributed by atoms with van der Waals surface area (Å²) in [4.78, 5) is 10.5. The minimum absolute atomic E-state index is 0.0666. The van der Waals surface area contributed by atoms with Gasteiger partial charge in [-0.15, -0.1) is 0 Å². The maximum absolute atomic E-state index is 11.0. The Labute approximate surface area is 148 Å². The van der Waals surface area contributed by atoms with E-state index in [-0.39, 0.29) is 17.6 Å². The summed E-state index contributed by atoms with van der Waals surface area (Å²) in [5, 5.41) is 18.1. The lowest BCUT2D eigenvalue weighted by atomic mass is 10.1. The highest BCUT2D eigenvalue weighted by atomic mass is 32.1. The van der Waals surface area contributed by atoms with Gasteiger partial charge in [-0.2, -0.15) is 5.10 Å². The minimum atomic E-state index is -0.480. The standard InChI is InChI=1S/C16H14N4O4S/c1-10(11-6-7-14-15(8-11)24-9-23-14)18-19-16(25)17-12-4-2-3-5-13(12)20(21)22/h2-8H,9H2,1H3,(H2,17,19,25)/b18-10-. The van der Waals surface area contributed by atoms with Crippen molar-refractivity contribution in [1.29, 1.82) is 0 Å². The highest BCUT2D eigenvalue weighted by Crippen LogP contribution is 2.32. The average molecular weight is 358 g/mol. The molecule has 0 aromatic heterocycles. The monoisotopic (exact) mass is 358 g/mol. The van der Waals surface area contributed by atoms with Crippen molar-refractivity contribution >= 4 is 34.4 Å². The highest BCUT2D eigenvalue weighted by Gasteiger charge is 2.15. The number of nitro benzene ring substituents is 1. The molecule has 3 rings (SSSR count). The molecule has 0 spiro atoms. The van der Waals surface area contributed by atoms with E-state index in [1.54, 1.807) is 31.2 Å². The number of nitro groups is 1. The number of anilines is 1. The summed E-state index contributed by atoms with van der Waals surface area (Å²) >= 11 is 5.13. The number of para-hydroxylation sites is 2. The number of nitrogens with zero attached hydrogens (tertiary/aromatic N) is 2. The Morgan fingerprint density at radius 3 is 2.80 bits per heavy atom. The summed E-state index contributed by atoms with van der Waals surface area (Å²) in [6, 6.07) is 11.7. The number of hydrogen-bond donors (Lipinski definition) is 2. The topological polar surface area (TPSA) is 98.0 Å². The number of fused-ring (bicyclic) bond motifs is 1. The van der Waals surface area contributed by atoms with Crippen LogP contribution in [-0.2, 0) is 0 Å². The van der Waals surface area contributed by atoms with Crippen LogP contribution in [0.15, 0.2) is 47.6 Å². The maximum Gasteiger partial charge on any atom is 0.292 e. The first-order valence-electron chi connectivity index (χ1n) is 7.29. The second-order valence-corrected chi connectivity index (χ2v) is 5.51. The third-order valence-corrected chi connectivity index (χ3v) is 3.66. The van der Waals surface area contributed by atoms with Gasteiger partial charge in [0.25, 0.3) is 5.69 Å². The molecule has 0 fully saturated rings. The van der Waals surface area contributed by atoms with Gasteiger partial charge in [0.05, 0.1) is 10.6 Å². The van der Waals surface area contributed by atoms with E-state index in [4.69, 9.17) is 21.7 Å². The second-order valence-electron chi connectivity index (χ2n) is 5.11. The van der Waals surface area contributed by atoms with Crippen LogP contribution in [0.1, 0.15) is 12.5 Å². The van der Waals surface area contributed by atoms with Crippen LogP contribution in [0.5, 0.6) is 11.5 Å². The largest absolute Gasteiger partial charge is 0.454 e. The maximum atomic E-state index is 11.0. The van der Waals surface area contributed by atoms with E-state index in [0.29, 0.717) is 22.9 Å². The van der Waals surface area contributed by atoms with Gasteiger partial charge in [-0.25, -0.2) is 0 Å². The highest BCUT2D eigenvalue weighted by molar-refractivity contribution is 7.80. The number of ether oxygens (including phenoxy) is 2. The first-order valence-corrected chi connectivity index (χ1v) is 7.70. The third kappa shape index (κ3) is 3.83. The molecule has 2 N–H and O–H groups in total. The van der Waals surface area contributed by atoms with Crippen LogP contribution in [-0.4, -0.2) is 22.5 Å². The molecule has 0 amide bonds. The van der Waals surface area contributed by atoms with Crippen LogP contribution in [0.4, 0.5) is 11.4 Å². The third-order valence-electron chi connectivity index (χ3n) is 3.46.